The standard InChI is InChI=1S/C14H14/c1-2-12-8-10-14(11-9-12)13-6-4-3-5-7-13/h3-11H,2H2,1H3/i1D3,2D2. The van der Waals surface area contributed by atoms with Crippen LogP contribution < -0.4 is 0 Å². The third kappa shape index (κ3) is 1.85. The van der Waals surface area contributed by atoms with Crippen molar-refractivity contribution in [2.75, 3.05) is 0 Å². The zero-order valence-electron chi connectivity index (χ0n) is 12.7. The Kier molecular flexibility index (Phi) is 1.40. The van der Waals surface area contributed by atoms with Gasteiger partial charge in [0.2, 0.25) is 0 Å². The van der Waals surface area contributed by atoms with E-state index < -0.39 is 13.2 Å². The maximum absolute atomic E-state index is 7.70. The first-order valence-electron chi connectivity index (χ1n) is 6.98. The van der Waals surface area contributed by atoms with E-state index in [1.807, 2.05) is 30.3 Å². The molecule has 0 saturated heterocycles. The van der Waals surface area contributed by atoms with Crippen LogP contribution in [0.1, 0.15) is 19.3 Å². The molecule has 2 aromatic rings. The van der Waals surface area contributed by atoms with Crippen LogP contribution in [0.4, 0.5) is 0 Å². The highest BCUT2D eigenvalue weighted by molar-refractivity contribution is 5.63. The van der Waals surface area contributed by atoms with Gasteiger partial charge in [0.1, 0.15) is 0 Å². The lowest BCUT2D eigenvalue weighted by atomic mass is 10.0. The summed E-state index contributed by atoms with van der Waals surface area (Å²) in [4.78, 5) is 0. The first-order valence-corrected chi connectivity index (χ1v) is 4.48. The molecule has 0 nitrogen and oxygen atoms in total. The largest absolute Gasteiger partial charge is 0.0622 e. The Balaban J connectivity index is 2.35. The Labute approximate surface area is 92.2 Å². The van der Waals surface area contributed by atoms with Crippen molar-refractivity contribution in [1.82, 2.24) is 0 Å². The summed E-state index contributed by atoms with van der Waals surface area (Å²) in [6.45, 7) is -2.67. The molecule has 0 heterocycles. The molecule has 0 spiro atoms. The van der Waals surface area contributed by atoms with E-state index in [0.29, 0.717) is 0 Å². The molecule has 0 amide bonds. The van der Waals surface area contributed by atoms with Gasteiger partial charge in [-0.3, -0.25) is 0 Å². The third-order valence-electron chi connectivity index (χ3n) is 2.14. The van der Waals surface area contributed by atoms with Crippen molar-refractivity contribution >= 4 is 0 Å². The predicted octanol–water partition coefficient (Wildman–Crippen LogP) is 3.92. The minimum Gasteiger partial charge on any atom is -0.0622 e. The molecule has 0 atom stereocenters. The van der Waals surface area contributed by atoms with Crippen molar-refractivity contribution < 1.29 is 6.85 Å². The van der Waals surface area contributed by atoms with Crippen LogP contribution in [0.3, 0.4) is 0 Å². The number of aryl methyl sites for hydroxylation is 1. The highest BCUT2D eigenvalue weighted by Gasteiger charge is 1.95. The van der Waals surface area contributed by atoms with Gasteiger partial charge in [-0.15, -0.1) is 0 Å². The van der Waals surface area contributed by atoms with E-state index in [9.17, 15) is 0 Å². The topological polar surface area (TPSA) is 0 Å². The van der Waals surface area contributed by atoms with Gasteiger partial charge in [0, 0.05) is 6.85 Å². The number of rotatable bonds is 2. The SMILES string of the molecule is [2H]C([2H])([2H])C([2H])([2H])c1ccc(-c2ccccc2)cc1. The third-order valence-corrected chi connectivity index (χ3v) is 2.14. The van der Waals surface area contributed by atoms with Crippen molar-refractivity contribution in [3.63, 3.8) is 0 Å². The van der Waals surface area contributed by atoms with Crippen molar-refractivity contribution in [3.8, 4) is 11.1 Å². The fourth-order valence-electron chi connectivity index (χ4n) is 1.38. The van der Waals surface area contributed by atoms with E-state index in [1.54, 1.807) is 12.1 Å². The van der Waals surface area contributed by atoms with E-state index in [4.69, 9.17) is 6.85 Å². The zero-order valence-corrected chi connectivity index (χ0v) is 7.70. The van der Waals surface area contributed by atoms with Crippen LogP contribution in [-0.4, -0.2) is 0 Å². The van der Waals surface area contributed by atoms with Crippen LogP contribution in [0, 0.1) is 0 Å². The number of hydrogen-bond acceptors (Lipinski definition) is 0. The molecule has 14 heavy (non-hydrogen) atoms. The van der Waals surface area contributed by atoms with Gasteiger partial charge in [-0.2, -0.15) is 0 Å². The summed E-state index contributed by atoms with van der Waals surface area (Å²) in [6.07, 6.45) is -2.33. The van der Waals surface area contributed by atoms with Crippen molar-refractivity contribution in [1.29, 1.82) is 0 Å². The number of hydrogen-bond donors (Lipinski definition) is 0. The summed E-state index contributed by atoms with van der Waals surface area (Å²) in [5, 5.41) is 0. The molecule has 0 radical (unpaired) electrons. The summed E-state index contributed by atoms with van der Waals surface area (Å²) >= 11 is 0. The smallest absolute Gasteiger partial charge is 0.0313 e. The van der Waals surface area contributed by atoms with Gasteiger partial charge >= 0.3 is 0 Å². The number of benzene rings is 2. The molecule has 0 bridgehead atoms. The Morgan fingerprint density at radius 3 is 2.21 bits per heavy atom. The first-order chi connectivity index (χ1) is 8.82. The lowest BCUT2D eigenvalue weighted by molar-refractivity contribution is 1.14. The van der Waals surface area contributed by atoms with Crippen LogP contribution in [0.5, 0.6) is 0 Å². The molecule has 0 N–H and O–H groups in total. The lowest BCUT2D eigenvalue weighted by Crippen LogP contribution is -1.80. The second-order valence-electron chi connectivity index (χ2n) is 3.07. The molecule has 70 valence electrons. The van der Waals surface area contributed by atoms with E-state index in [1.165, 1.54) is 12.1 Å². The van der Waals surface area contributed by atoms with Crippen LogP contribution in [-0.2, 0) is 6.37 Å². The molecule has 0 aliphatic heterocycles. The Bertz CT molecular complexity index is 540. The van der Waals surface area contributed by atoms with Gasteiger partial charge in [0.15, 0.2) is 0 Å². The highest BCUT2D eigenvalue weighted by atomic mass is 14.0. The summed E-state index contributed by atoms with van der Waals surface area (Å²) in [7, 11) is 0. The van der Waals surface area contributed by atoms with Gasteiger partial charge in [0.05, 0.1) is 0 Å². The maximum Gasteiger partial charge on any atom is 0.0313 e. The molecule has 2 rings (SSSR count). The Morgan fingerprint density at radius 1 is 0.929 bits per heavy atom. The van der Waals surface area contributed by atoms with Crippen molar-refractivity contribution in [2.45, 2.75) is 13.2 Å². The summed E-state index contributed by atoms with van der Waals surface area (Å²) in [5.41, 5.74) is 2.13. The second-order valence-corrected chi connectivity index (χ2v) is 3.07. The Hall–Kier alpha value is -1.56. The van der Waals surface area contributed by atoms with E-state index in [-0.39, 0.29) is 5.56 Å². The summed E-state index contributed by atoms with van der Waals surface area (Å²) in [6, 6.07) is 16.2. The van der Waals surface area contributed by atoms with Crippen molar-refractivity contribution in [3.05, 3.63) is 60.2 Å². The minimum atomic E-state index is -2.67. The normalized spacial score (nSPS) is 17.3. The van der Waals surface area contributed by atoms with Crippen LogP contribution in [0.15, 0.2) is 54.6 Å². The monoisotopic (exact) mass is 187 g/mol. The summed E-state index contributed by atoms with van der Waals surface area (Å²) in [5.74, 6) is 0. The van der Waals surface area contributed by atoms with Crippen molar-refractivity contribution in [2.24, 2.45) is 0 Å². The van der Waals surface area contributed by atoms with E-state index in [0.717, 1.165) is 11.1 Å². The summed E-state index contributed by atoms with van der Waals surface area (Å²) < 4.78 is 37.1. The molecule has 0 saturated carbocycles. The molecule has 0 unspecified atom stereocenters. The lowest BCUT2D eigenvalue weighted by Gasteiger charge is -2.02. The molecule has 2 aromatic carbocycles. The minimum absolute atomic E-state index is 0.173. The fraction of sp³-hybridized carbons (Fsp3) is 0.143. The Morgan fingerprint density at radius 2 is 1.57 bits per heavy atom. The van der Waals surface area contributed by atoms with Gasteiger partial charge in [-0.05, 0) is 23.1 Å². The highest BCUT2D eigenvalue weighted by Crippen LogP contribution is 2.19. The average molecular weight is 187 g/mol. The molecule has 0 heteroatoms. The molecule has 0 aromatic heterocycles. The van der Waals surface area contributed by atoms with Gasteiger partial charge in [-0.25, -0.2) is 0 Å². The van der Waals surface area contributed by atoms with Gasteiger partial charge in [-0.1, -0.05) is 61.4 Å². The molecular weight excluding hydrogens is 168 g/mol. The fourth-order valence-corrected chi connectivity index (χ4v) is 1.38. The van der Waals surface area contributed by atoms with Crippen LogP contribution in [0.25, 0.3) is 11.1 Å². The first kappa shape index (κ1) is 4.79. The van der Waals surface area contributed by atoms with Crippen LogP contribution in [0.2, 0.25) is 0 Å². The van der Waals surface area contributed by atoms with Gasteiger partial charge in [0.25, 0.3) is 0 Å². The molecule has 0 aliphatic carbocycles. The van der Waals surface area contributed by atoms with Gasteiger partial charge < -0.3 is 0 Å². The predicted molar refractivity (Wildman–Crippen MR) is 61.3 cm³/mol. The van der Waals surface area contributed by atoms with Crippen LogP contribution >= 0.6 is 0 Å². The molecule has 0 fully saturated rings. The average Bonchev–Trinajstić information content (AvgIpc) is 2.39. The second kappa shape index (κ2) is 4.10. The zero-order chi connectivity index (χ0) is 14.1. The quantitative estimate of drug-likeness (QED) is 0.668. The van der Waals surface area contributed by atoms with E-state index in [2.05, 4.69) is 0 Å². The molecule has 0 aliphatic rings. The maximum atomic E-state index is 7.70. The van der Waals surface area contributed by atoms with E-state index >= 15 is 0 Å². The molecular formula is C14H14.